The van der Waals surface area contributed by atoms with Crippen LogP contribution in [-0.2, 0) is 14.3 Å². The predicted octanol–water partition coefficient (Wildman–Crippen LogP) is 2.78. The highest BCUT2D eigenvalue weighted by atomic mass is 19.4. The van der Waals surface area contributed by atoms with Crippen LogP contribution in [0.1, 0.15) is 30.7 Å². The molecule has 1 aromatic rings. The van der Waals surface area contributed by atoms with Gasteiger partial charge in [-0.2, -0.15) is 13.2 Å². The van der Waals surface area contributed by atoms with Crippen LogP contribution < -0.4 is 0 Å². The number of benzene rings is 1. The summed E-state index contributed by atoms with van der Waals surface area (Å²) in [6.07, 6.45) is -3.32. The predicted molar refractivity (Wildman–Crippen MR) is 91.7 cm³/mol. The van der Waals surface area contributed by atoms with Gasteiger partial charge in [-0.3, -0.25) is 14.5 Å². The zero-order chi connectivity index (χ0) is 19.6. The van der Waals surface area contributed by atoms with Gasteiger partial charge in [0.1, 0.15) is 0 Å². The maximum absolute atomic E-state index is 13.1. The molecule has 1 amide bonds. The number of nitrogens with zero attached hydrogens (tertiary/aromatic N) is 2. The molecule has 0 radical (unpaired) electrons. The van der Waals surface area contributed by atoms with Gasteiger partial charge in [0.25, 0.3) is 0 Å². The van der Waals surface area contributed by atoms with E-state index in [4.69, 9.17) is 4.74 Å². The molecular formula is C19H23F3N2O3. The van der Waals surface area contributed by atoms with Crippen LogP contribution in [0, 0.1) is 5.92 Å². The molecule has 8 heteroatoms. The van der Waals surface area contributed by atoms with E-state index in [0.29, 0.717) is 32.4 Å². The summed E-state index contributed by atoms with van der Waals surface area (Å²) in [4.78, 5) is 26.4. The van der Waals surface area contributed by atoms with E-state index in [0.717, 1.165) is 10.5 Å². The molecule has 0 aromatic heterocycles. The zero-order valence-electron chi connectivity index (χ0n) is 15.1. The first-order valence-electron chi connectivity index (χ1n) is 9.04. The summed E-state index contributed by atoms with van der Waals surface area (Å²) in [5, 5.41) is 0. The maximum Gasteiger partial charge on any atom is 0.471 e. The highest BCUT2D eigenvalue weighted by molar-refractivity contribution is 5.82. The number of hydrogen-bond acceptors (Lipinski definition) is 4. The van der Waals surface area contributed by atoms with Crippen LogP contribution in [0.5, 0.6) is 0 Å². The fourth-order valence-corrected chi connectivity index (χ4v) is 3.76. The van der Waals surface area contributed by atoms with Crippen molar-refractivity contribution in [3.8, 4) is 0 Å². The number of esters is 1. The molecular weight excluding hydrogens is 361 g/mol. The molecule has 1 saturated carbocycles. The molecule has 27 heavy (non-hydrogen) atoms. The molecule has 2 aliphatic rings. The quantitative estimate of drug-likeness (QED) is 0.733. The maximum atomic E-state index is 13.1. The van der Waals surface area contributed by atoms with Gasteiger partial charge >= 0.3 is 18.1 Å². The molecule has 2 atom stereocenters. The molecule has 1 saturated heterocycles. The fraction of sp³-hybridized carbons (Fsp3) is 0.579. The van der Waals surface area contributed by atoms with Gasteiger partial charge < -0.3 is 9.64 Å². The van der Waals surface area contributed by atoms with Gasteiger partial charge in [0.2, 0.25) is 0 Å². The molecule has 5 nitrogen and oxygen atoms in total. The Morgan fingerprint density at radius 3 is 2.37 bits per heavy atom. The number of carbonyl (C=O) groups excluding carboxylic acids is 2. The first-order chi connectivity index (χ1) is 12.8. The minimum absolute atomic E-state index is 0.0647. The number of amides is 1. The first kappa shape index (κ1) is 19.7. The topological polar surface area (TPSA) is 49.9 Å². The monoisotopic (exact) mass is 384 g/mol. The third kappa shape index (κ3) is 4.61. The van der Waals surface area contributed by atoms with Crippen molar-refractivity contribution < 1.29 is 27.5 Å². The molecule has 2 fully saturated rings. The molecule has 1 heterocycles. The lowest BCUT2D eigenvalue weighted by molar-refractivity contribution is -0.188. The molecule has 1 aliphatic heterocycles. The molecule has 0 spiro atoms. The Morgan fingerprint density at radius 1 is 1.19 bits per heavy atom. The molecule has 1 aliphatic carbocycles. The second-order valence-corrected chi connectivity index (χ2v) is 7.15. The fourth-order valence-electron chi connectivity index (χ4n) is 3.76. The summed E-state index contributed by atoms with van der Waals surface area (Å²) in [5.41, 5.74) is 0.951. The summed E-state index contributed by atoms with van der Waals surface area (Å²) in [5.74, 6) is -2.37. The van der Waals surface area contributed by atoms with Crippen molar-refractivity contribution >= 4 is 11.9 Å². The van der Waals surface area contributed by atoms with Crippen molar-refractivity contribution in [3.05, 3.63) is 35.9 Å². The van der Waals surface area contributed by atoms with E-state index >= 15 is 0 Å². The Bertz CT molecular complexity index is 673. The summed E-state index contributed by atoms with van der Waals surface area (Å²) in [6.45, 7) is 0.856. The third-order valence-electron chi connectivity index (χ3n) is 5.36. The zero-order valence-corrected chi connectivity index (χ0v) is 15.1. The Kier molecular flexibility index (Phi) is 5.74. The van der Waals surface area contributed by atoms with Crippen molar-refractivity contribution in [3.63, 3.8) is 0 Å². The second-order valence-electron chi connectivity index (χ2n) is 7.15. The van der Waals surface area contributed by atoms with Gasteiger partial charge in [-0.15, -0.1) is 0 Å². The summed E-state index contributed by atoms with van der Waals surface area (Å²) in [7, 11) is 1.33. The number of ether oxygens (including phenoxy) is 1. The summed E-state index contributed by atoms with van der Waals surface area (Å²) < 4.78 is 44.1. The van der Waals surface area contributed by atoms with Gasteiger partial charge in [0.05, 0.1) is 19.7 Å². The lowest BCUT2D eigenvalue weighted by atomic mass is 9.97. The number of piperidine rings is 1. The van der Waals surface area contributed by atoms with Gasteiger partial charge in [0, 0.05) is 25.0 Å². The van der Waals surface area contributed by atoms with E-state index in [2.05, 4.69) is 0 Å². The van der Waals surface area contributed by atoms with E-state index in [9.17, 15) is 22.8 Å². The number of halogens is 3. The van der Waals surface area contributed by atoms with E-state index in [1.165, 1.54) is 7.11 Å². The molecule has 148 valence electrons. The van der Waals surface area contributed by atoms with Crippen LogP contribution in [-0.4, -0.2) is 60.8 Å². The van der Waals surface area contributed by atoms with Crippen LogP contribution in [0.15, 0.2) is 30.3 Å². The molecule has 0 N–H and O–H groups in total. The highest BCUT2D eigenvalue weighted by Crippen LogP contribution is 2.45. The standard InChI is InChI=1S/C19H23F3N2O3/c1-27-17(25)14-7-9-23(10-8-14)12-24(18(26)19(20,21)22)16-11-15(16)13-5-3-2-4-6-13/h2-6,14-16H,7-12H2,1H3. The van der Waals surface area contributed by atoms with Crippen LogP contribution in [0.3, 0.4) is 0 Å². The van der Waals surface area contributed by atoms with Crippen LogP contribution in [0.2, 0.25) is 0 Å². The van der Waals surface area contributed by atoms with Crippen molar-refractivity contribution in [1.82, 2.24) is 9.80 Å². The average molecular weight is 384 g/mol. The number of alkyl halides is 3. The van der Waals surface area contributed by atoms with E-state index in [1.54, 1.807) is 0 Å². The SMILES string of the molecule is COC(=O)C1CCN(CN(C(=O)C(F)(F)F)C2CC2c2ccccc2)CC1. The van der Waals surface area contributed by atoms with E-state index in [1.807, 2.05) is 35.2 Å². The second kappa shape index (κ2) is 7.88. The summed E-state index contributed by atoms with van der Waals surface area (Å²) in [6, 6.07) is 8.85. The Labute approximate surface area is 156 Å². The van der Waals surface area contributed by atoms with Crippen molar-refractivity contribution in [2.45, 2.75) is 37.4 Å². The number of rotatable bonds is 5. The number of carbonyl (C=O) groups is 2. The van der Waals surface area contributed by atoms with Gasteiger partial charge in [-0.05, 0) is 24.8 Å². The molecule has 2 unspecified atom stereocenters. The Morgan fingerprint density at radius 2 is 1.81 bits per heavy atom. The van der Waals surface area contributed by atoms with Gasteiger partial charge in [-0.1, -0.05) is 30.3 Å². The number of likely N-dealkylation sites (tertiary alicyclic amines) is 1. The van der Waals surface area contributed by atoms with E-state index in [-0.39, 0.29) is 24.5 Å². The van der Waals surface area contributed by atoms with Crippen LogP contribution in [0.25, 0.3) is 0 Å². The number of methoxy groups -OCH3 is 1. The number of hydrogen-bond donors (Lipinski definition) is 0. The Hall–Kier alpha value is -2.09. The summed E-state index contributed by atoms with van der Waals surface area (Å²) >= 11 is 0. The van der Waals surface area contributed by atoms with E-state index < -0.39 is 18.1 Å². The van der Waals surface area contributed by atoms with Gasteiger partial charge in [-0.25, -0.2) is 0 Å². The van der Waals surface area contributed by atoms with Crippen molar-refractivity contribution in [2.24, 2.45) is 5.92 Å². The third-order valence-corrected chi connectivity index (χ3v) is 5.36. The van der Waals surface area contributed by atoms with Gasteiger partial charge in [0.15, 0.2) is 0 Å². The lowest BCUT2D eigenvalue weighted by Crippen LogP contribution is -2.50. The molecule has 1 aromatic carbocycles. The Balaban J connectivity index is 1.66. The van der Waals surface area contributed by atoms with Crippen LogP contribution >= 0.6 is 0 Å². The van der Waals surface area contributed by atoms with Crippen molar-refractivity contribution in [2.75, 3.05) is 26.9 Å². The van der Waals surface area contributed by atoms with Crippen LogP contribution in [0.4, 0.5) is 13.2 Å². The smallest absolute Gasteiger partial charge is 0.469 e. The van der Waals surface area contributed by atoms with Crippen molar-refractivity contribution in [1.29, 1.82) is 0 Å². The lowest BCUT2D eigenvalue weighted by Gasteiger charge is -2.35. The average Bonchev–Trinajstić information content (AvgIpc) is 3.46. The molecule has 0 bridgehead atoms. The largest absolute Gasteiger partial charge is 0.471 e. The molecule has 3 rings (SSSR count). The first-order valence-corrected chi connectivity index (χ1v) is 9.04. The highest BCUT2D eigenvalue weighted by Gasteiger charge is 2.52. The normalized spacial score (nSPS) is 23.7. The minimum atomic E-state index is -4.89. The minimum Gasteiger partial charge on any atom is -0.469 e.